The molecule has 5 heteroatoms. The van der Waals surface area contributed by atoms with E-state index in [0.29, 0.717) is 31.6 Å². The summed E-state index contributed by atoms with van der Waals surface area (Å²) in [6, 6.07) is 5.28. The molecule has 18 heavy (non-hydrogen) atoms. The van der Waals surface area contributed by atoms with E-state index in [0.717, 1.165) is 11.3 Å². The Kier molecular flexibility index (Phi) is 2.70. The summed E-state index contributed by atoms with van der Waals surface area (Å²) in [5.41, 5.74) is 8.18. The van der Waals surface area contributed by atoms with Crippen molar-refractivity contribution in [3.63, 3.8) is 0 Å². The van der Waals surface area contributed by atoms with Crippen LogP contribution in [0.1, 0.15) is 12.0 Å². The van der Waals surface area contributed by atoms with Crippen LogP contribution in [0.4, 0.5) is 15.8 Å². The topological polar surface area (TPSA) is 58.4 Å². The molecule has 2 atom stereocenters. The highest BCUT2D eigenvalue weighted by atomic mass is 19.1. The third kappa shape index (κ3) is 1.95. The van der Waals surface area contributed by atoms with Crippen molar-refractivity contribution in [2.75, 3.05) is 24.1 Å². The number of amides is 1. The molecule has 0 spiro atoms. The number of nitrogens with two attached hydrogens (primary N) is 1. The molecule has 3 N–H and O–H groups in total. The van der Waals surface area contributed by atoms with Crippen LogP contribution in [0.2, 0.25) is 0 Å². The Labute approximate surface area is 105 Å². The van der Waals surface area contributed by atoms with Gasteiger partial charge in [-0.15, -0.1) is 0 Å². The van der Waals surface area contributed by atoms with Gasteiger partial charge < -0.3 is 11.1 Å². The molecule has 2 heterocycles. The zero-order valence-electron chi connectivity index (χ0n) is 10.0. The van der Waals surface area contributed by atoms with Crippen LogP contribution < -0.4 is 11.1 Å². The number of carbonyl (C=O) groups is 1. The van der Waals surface area contributed by atoms with Gasteiger partial charge in [-0.05, 0) is 30.5 Å². The lowest BCUT2D eigenvalue weighted by molar-refractivity contribution is -0.121. The van der Waals surface area contributed by atoms with Crippen LogP contribution in [0.15, 0.2) is 18.2 Å². The van der Waals surface area contributed by atoms with Gasteiger partial charge in [0.1, 0.15) is 6.17 Å². The molecule has 1 amide bonds. The van der Waals surface area contributed by atoms with Gasteiger partial charge >= 0.3 is 0 Å². The van der Waals surface area contributed by atoms with E-state index in [9.17, 15) is 9.18 Å². The van der Waals surface area contributed by atoms with E-state index in [2.05, 4.69) is 5.32 Å². The Balaban J connectivity index is 1.83. The van der Waals surface area contributed by atoms with Crippen LogP contribution in [0, 0.1) is 0 Å². The number of fused-ring (bicyclic) bond motifs is 1. The summed E-state index contributed by atoms with van der Waals surface area (Å²) < 4.78 is 13.2. The first-order valence-electron chi connectivity index (χ1n) is 6.21. The first kappa shape index (κ1) is 11.5. The fourth-order valence-corrected chi connectivity index (χ4v) is 2.73. The van der Waals surface area contributed by atoms with Crippen molar-refractivity contribution in [3.05, 3.63) is 23.8 Å². The summed E-state index contributed by atoms with van der Waals surface area (Å²) in [5, 5.41) is 2.86. The minimum atomic E-state index is -0.800. The molecule has 2 aliphatic rings. The van der Waals surface area contributed by atoms with Crippen LogP contribution in [0.25, 0.3) is 0 Å². The predicted molar refractivity (Wildman–Crippen MR) is 68.1 cm³/mol. The third-order valence-electron chi connectivity index (χ3n) is 3.71. The summed E-state index contributed by atoms with van der Waals surface area (Å²) in [5.74, 6) is -0.0535. The van der Waals surface area contributed by atoms with Gasteiger partial charge in [-0.25, -0.2) is 4.39 Å². The van der Waals surface area contributed by atoms with E-state index in [1.54, 1.807) is 6.07 Å². The number of likely N-dealkylation sites (tertiary alicyclic amines) is 1. The van der Waals surface area contributed by atoms with Gasteiger partial charge in [0.05, 0.1) is 6.04 Å². The van der Waals surface area contributed by atoms with Crippen LogP contribution in [-0.2, 0) is 11.2 Å². The van der Waals surface area contributed by atoms with E-state index in [-0.39, 0.29) is 11.9 Å². The number of alkyl halides is 1. The molecule has 0 bridgehead atoms. The molecule has 2 aliphatic heterocycles. The zero-order chi connectivity index (χ0) is 12.7. The van der Waals surface area contributed by atoms with E-state index < -0.39 is 6.17 Å². The SMILES string of the molecule is Nc1ccc2c(c1)NC(=O)C(N1CC[C@@H](F)C1)C2. The van der Waals surface area contributed by atoms with Crippen molar-refractivity contribution >= 4 is 17.3 Å². The third-order valence-corrected chi connectivity index (χ3v) is 3.71. The summed E-state index contributed by atoms with van der Waals surface area (Å²) >= 11 is 0. The standard InChI is InChI=1S/C13H16FN3O/c14-9-3-4-17(7-9)12-5-8-1-2-10(15)6-11(8)16-13(12)18/h1-2,6,9,12H,3-5,7,15H2,(H,16,18)/t9-,12?/m1/s1. The Morgan fingerprint density at radius 3 is 3.00 bits per heavy atom. The maximum atomic E-state index is 13.2. The Bertz CT molecular complexity index is 491. The van der Waals surface area contributed by atoms with Crippen molar-refractivity contribution in [2.45, 2.75) is 25.1 Å². The maximum absolute atomic E-state index is 13.2. The van der Waals surface area contributed by atoms with E-state index in [1.165, 1.54) is 0 Å². The molecule has 1 unspecified atom stereocenters. The first-order valence-corrected chi connectivity index (χ1v) is 6.21. The van der Waals surface area contributed by atoms with Crippen molar-refractivity contribution in [3.8, 4) is 0 Å². The van der Waals surface area contributed by atoms with Gasteiger partial charge in [0.2, 0.25) is 5.91 Å². The molecular weight excluding hydrogens is 233 g/mol. The molecular formula is C13H16FN3O. The predicted octanol–water partition coefficient (Wildman–Crippen LogP) is 1.18. The lowest BCUT2D eigenvalue weighted by atomic mass is 9.97. The van der Waals surface area contributed by atoms with Crippen molar-refractivity contribution in [1.82, 2.24) is 4.90 Å². The number of hydrogen-bond acceptors (Lipinski definition) is 3. The highest BCUT2D eigenvalue weighted by Crippen LogP contribution is 2.28. The number of anilines is 2. The van der Waals surface area contributed by atoms with Crippen LogP contribution in [0.3, 0.4) is 0 Å². The normalized spacial score (nSPS) is 27.9. The molecule has 96 valence electrons. The largest absolute Gasteiger partial charge is 0.399 e. The molecule has 3 rings (SSSR count). The molecule has 0 aliphatic carbocycles. The first-order chi connectivity index (χ1) is 8.63. The molecule has 1 fully saturated rings. The number of nitrogen functional groups attached to an aromatic ring is 1. The number of carbonyl (C=O) groups excluding carboxylic acids is 1. The van der Waals surface area contributed by atoms with Crippen molar-refractivity contribution in [2.24, 2.45) is 0 Å². The summed E-state index contributed by atoms with van der Waals surface area (Å²) in [6.45, 7) is 1.02. The minimum Gasteiger partial charge on any atom is -0.399 e. The number of nitrogens with zero attached hydrogens (tertiary/aromatic N) is 1. The number of hydrogen-bond donors (Lipinski definition) is 2. The minimum absolute atomic E-state index is 0.0535. The van der Waals surface area contributed by atoms with Gasteiger partial charge in [-0.1, -0.05) is 6.07 Å². The monoisotopic (exact) mass is 249 g/mol. The van der Waals surface area contributed by atoms with Gasteiger partial charge in [0, 0.05) is 24.5 Å². The summed E-state index contributed by atoms with van der Waals surface area (Å²) in [6.07, 6.45) is 0.359. The zero-order valence-corrected chi connectivity index (χ0v) is 10.0. The molecule has 0 radical (unpaired) electrons. The highest BCUT2D eigenvalue weighted by molar-refractivity contribution is 5.98. The molecule has 1 aromatic rings. The number of rotatable bonds is 1. The maximum Gasteiger partial charge on any atom is 0.242 e. The van der Waals surface area contributed by atoms with Crippen LogP contribution >= 0.6 is 0 Å². The van der Waals surface area contributed by atoms with Crippen molar-refractivity contribution in [1.29, 1.82) is 0 Å². The molecule has 0 saturated carbocycles. The average molecular weight is 249 g/mol. The van der Waals surface area contributed by atoms with Crippen LogP contribution in [0.5, 0.6) is 0 Å². The number of halogens is 1. The van der Waals surface area contributed by atoms with E-state index >= 15 is 0 Å². The fourth-order valence-electron chi connectivity index (χ4n) is 2.73. The number of nitrogens with one attached hydrogen (secondary N) is 1. The highest BCUT2D eigenvalue weighted by Gasteiger charge is 2.35. The van der Waals surface area contributed by atoms with Gasteiger partial charge in [-0.2, -0.15) is 0 Å². The molecule has 1 aromatic carbocycles. The second-order valence-electron chi connectivity index (χ2n) is 5.01. The van der Waals surface area contributed by atoms with Gasteiger partial charge in [-0.3, -0.25) is 9.69 Å². The van der Waals surface area contributed by atoms with E-state index in [1.807, 2.05) is 17.0 Å². The smallest absolute Gasteiger partial charge is 0.242 e. The van der Waals surface area contributed by atoms with E-state index in [4.69, 9.17) is 5.73 Å². The van der Waals surface area contributed by atoms with Crippen LogP contribution in [-0.4, -0.2) is 36.1 Å². The quantitative estimate of drug-likeness (QED) is 0.735. The van der Waals surface area contributed by atoms with Gasteiger partial charge in [0.15, 0.2) is 0 Å². The number of benzene rings is 1. The average Bonchev–Trinajstić information content (AvgIpc) is 2.74. The molecule has 4 nitrogen and oxygen atoms in total. The second-order valence-corrected chi connectivity index (χ2v) is 5.01. The Morgan fingerprint density at radius 2 is 2.28 bits per heavy atom. The Hall–Kier alpha value is -1.62. The lowest BCUT2D eigenvalue weighted by Crippen LogP contribution is -2.47. The van der Waals surface area contributed by atoms with Gasteiger partial charge in [0.25, 0.3) is 0 Å². The summed E-state index contributed by atoms with van der Waals surface area (Å²) in [4.78, 5) is 14.0. The molecule has 1 saturated heterocycles. The molecule has 0 aromatic heterocycles. The second kappa shape index (κ2) is 4.24. The summed E-state index contributed by atoms with van der Waals surface area (Å²) in [7, 11) is 0. The fraction of sp³-hybridized carbons (Fsp3) is 0.462. The Morgan fingerprint density at radius 1 is 1.44 bits per heavy atom. The van der Waals surface area contributed by atoms with Crippen molar-refractivity contribution < 1.29 is 9.18 Å². The lowest BCUT2D eigenvalue weighted by Gasteiger charge is -2.31.